The second-order valence-electron chi connectivity index (χ2n) is 5.41. The third-order valence-corrected chi connectivity index (χ3v) is 4.14. The maximum Gasteiger partial charge on any atom is 0.0689 e. The first kappa shape index (κ1) is 10.0. The zero-order chi connectivity index (χ0) is 10.0. The van der Waals surface area contributed by atoms with Crippen molar-refractivity contribution in [2.24, 2.45) is 17.3 Å². The van der Waals surface area contributed by atoms with Crippen LogP contribution in [-0.2, 0) is 0 Å². The lowest BCUT2D eigenvalue weighted by molar-refractivity contribution is 0.175. The van der Waals surface area contributed by atoms with Gasteiger partial charge in [-0.25, -0.2) is 0 Å². The minimum absolute atomic E-state index is 0.0834. The molecule has 0 aromatic carbocycles. The Morgan fingerprint density at radius 3 is 2.64 bits per heavy atom. The first-order valence-electron chi connectivity index (χ1n) is 6.19. The van der Waals surface area contributed by atoms with Gasteiger partial charge < -0.3 is 0 Å². The van der Waals surface area contributed by atoms with Crippen molar-refractivity contribution in [3.05, 3.63) is 0 Å². The van der Waals surface area contributed by atoms with E-state index in [1.807, 2.05) is 0 Å². The first-order valence-corrected chi connectivity index (χ1v) is 6.19. The average Bonchev–Trinajstić information content (AvgIpc) is 3.02. The van der Waals surface area contributed by atoms with Crippen molar-refractivity contribution in [2.75, 3.05) is 0 Å². The predicted molar refractivity (Wildman–Crippen MR) is 57.6 cm³/mol. The fourth-order valence-electron chi connectivity index (χ4n) is 3.04. The van der Waals surface area contributed by atoms with E-state index in [9.17, 15) is 5.26 Å². The fraction of sp³-hybridized carbons (Fsp3) is 0.923. The highest BCUT2D eigenvalue weighted by atomic mass is 14.5. The molecule has 0 heterocycles. The van der Waals surface area contributed by atoms with Crippen LogP contribution in [0.5, 0.6) is 0 Å². The van der Waals surface area contributed by atoms with Crippen LogP contribution in [-0.4, -0.2) is 0 Å². The molecule has 1 heteroatoms. The standard InChI is InChI=1S/C13H21N/c1-2-11-4-3-7-13(8-11,10-14)9-12-5-6-12/h11-12H,2-9H2,1H3. The Morgan fingerprint density at radius 2 is 2.07 bits per heavy atom. The van der Waals surface area contributed by atoms with E-state index in [1.54, 1.807) is 0 Å². The first-order chi connectivity index (χ1) is 6.78. The van der Waals surface area contributed by atoms with E-state index < -0.39 is 0 Å². The second kappa shape index (κ2) is 3.93. The molecule has 0 aromatic rings. The third-order valence-electron chi connectivity index (χ3n) is 4.14. The topological polar surface area (TPSA) is 23.8 Å². The minimum atomic E-state index is 0.0834. The molecule has 78 valence electrons. The van der Waals surface area contributed by atoms with Gasteiger partial charge in [0.05, 0.1) is 11.5 Å². The summed E-state index contributed by atoms with van der Waals surface area (Å²) >= 11 is 0. The van der Waals surface area contributed by atoms with E-state index in [0.29, 0.717) is 0 Å². The van der Waals surface area contributed by atoms with Gasteiger partial charge in [-0.2, -0.15) is 5.26 Å². The van der Waals surface area contributed by atoms with Gasteiger partial charge in [-0.05, 0) is 31.1 Å². The van der Waals surface area contributed by atoms with Crippen LogP contribution in [0.25, 0.3) is 0 Å². The van der Waals surface area contributed by atoms with Crippen LogP contribution >= 0.6 is 0 Å². The van der Waals surface area contributed by atoms with E-state index in [1.165, 1.54) is 51.4 Å². The Hall–Kier alpha value is -0.510. The third kappa shape index (κ3) is 2.11. The number of hydrogen-bond acceptors (Lipinski definition) is 1. The number of nitrogens with zero attached hydrogens (tertiary/aromatic N) is 1. The number of nitriles is 1. The van der Waals surface area contributed by atoms with Gasteiger partial charge in [0, 0.05) is 0 Å². The summed E-state index contributed by atoms with van der Waals surface area (Å²) in [6.07, 6.45) is 10.3. The highest BCUT2D eigenvalue weighted by molar-refractivity contribution is 5.04. The fourth-order valence-corrected chi connectivity index (χ4v) is 3.04. The van der Waals surface area contributed by atoms with Crippen LogP contribution in [0.4, 0.5) is 0 Å². The van der Waals surface area contributed by atoms with Crippen molar-refractivity contribution < 1.29 is 0 Å². The van der Waals surface area contributed by atoms with E-state index in [0.717, 1.165) is 11.8 Å². The summed E-state index contributed by atoms with van der Waals surface area (Å²) in [6, 6.07) is 2.65. The molecule has 2 atom stereocenters. The van der Waals surface area contributed by atoms with Gasteiger partial charge in [0.1, 0.15) is 0 Å². The maximum absolute atomic E-state index is 9.38. The zero-order valence-electron chi connectivity index (χ0n) is 9.26. The molecule has 0 saturated heterocycles. The lowest BCUT2D eigenvalue weighted by Crippen LogP contribution is -2.27. The van der Waals surface area contributed by atoms with Crippen molar-refractivity contribution in [1.82, 2.24) is 0 Å². The summed E-state index contributed by atoms with van der Waals surface area (Å²) in [6.45, 7) is 2.27. The summed E-state index contributed by atoms with van der Waals surface area (Å²) in [5, 5.41) is 9.38. The number of hydrogen-bond donors (Lipinski definition) is 0. The molecule has 2 aliphatic rings. The van der Waals surface area contributed by atoms with Crippen molar-refractivity contribution in [1.29, 1.82) is 5.26 Å². The quantitative estimate of drug-likeness (QED) is 0.663. The molecule has 2 unspecified atom stereocenters. The molecule has 0 aliphatic heterocycles. The van der Waals surface area contributed by atoms with Gasteiger partial charge in [0.25, 0.3) is 0 Å². The van der Waals surface area contributed by atoms with E-state index in [-0.39, 0.29) is 5.41 Å². The molecule has 0 N–H and O–H groups in total. The summed E-state index contributed by atoms with van der Waals surface area (Å²) in [5.41, 5.74) is 0.0834. The van der Waals surface area contributed by atoms with Crippen LogP contribution in [0, 0.1) is 28.6 Å². The Labute approximate surface area is 87.5 Å². The van der Waals surface area contributed by atoms with Gasteiger partial charge in [0.15, 0.2) is 0 Å². The smallest absolute Gasteiger partial charge is 0.0689 e. The Bertz CT molecular complexity index is 236. The molecule has 2 saturated carbocycles. The largest absolute Gasteiger partial charge is 0.198 e. The van der Waals surface area contributed by atoms with Gasteiger partial charge >= 0.3 is 0 Å². The van der Waals surface area contributed by atoms with Crippen LogP contribution < -0.4 is 0 Å². The molecule has 14 heavy (non-hydrogen) atoms. The van der Waals surface area contributed by atoms with Gasteiger partial charge in [-0.3, -0.25) is 0 Å². The SMILES string of the molecule is CCC1CCCC(C#N)(CC2CC2)C1. The molecule has 0 aromatic heterocycles. The van der Waals surface area contributed by atoms with E-state index in [2.05, 4.69) is 13.0 Å². The lowest BCUT2D eigenvalue weighted by atomic mass is 9.67. The van der Waals surface area contributed by atoms with Crippen LogP contribution in [0.2, 0.25) is 0 Å². The average molecular weight is 191 g/mol. The van der Waals surface area contributed by atoms with E-state index >= 15 is 0 Å². The lowest BCUT2D eigenvalue weighted by Gasteiger charge is -2.35. The van der Waals surface area contributed by atoms with Crippen molar-refractivity contribution in [3.63, 3.8) is 0 Å². The Balaban J connectivity index is 1.98. The molecule has 2 rings (SSSR count). The normalized spacial score (nSPS) is 37.9. The maximum atomic E-state index is 9.38. The van der Waals surface area contributed by atoms with Crippen molar-refractivity contribution >= 4 is 0 Å². The van der Waals surface area contributed by atoms with Crippen molar-refractivity contribution in [2.45, 2.75) is 58.3 Å². The Morgan fingerprint density at radius 1 is 1.29 bits per heavy atom. The molecular formula is C13H21N. The van der Waals surface area contributed by atoms with Crippen molar-refractivity contribution in [3.8, 4) is 6.07 Å². The predicted octanol–water partition coefficient (Wildman–Crippen LogP) is 3.90. The molecule has 0 radical (unpaired) electrons. The summed E-state index contributed by atoms with van der Waals surface area (Å²) in [4.78, 5) is 0. The molecular weight excluding hydrogens is 170 g/mol. The highest BCUT2D eigenvalue weighted by Gasteiger charge is 2.40. The molecule has 2 fully saturated rings. The van der Waals surface area contributed by atoms with Gasteiger partial charge in [0.2, 0.25) is 0 Å². The van der Waals surface area contributed by atoms with Crippen LogP contribution in [0.15, 0.2) is 0 Å². The molecule has 0 bridgehead atoms. The molecule has 2 aliphatic carbocycles. The van der Waals surface area contributed by atoms with Gasteiger partial charge in [-0.15, -0.1) is 0 Å². The van der Waals surface area contributed by atoms with Gasteiger partial charge in [-0.1, -0.05) is 39.0 Å². The number of rotatable bonds is 3. The molecule has 0 amide bonds. The zero-order valence-corrected chi connectivity index (χ0v) is 9.26. The van der Waals surface area contributed by atoms with Crippen LogP contribution in [0.3, 0.4) is 0 Å². The Kier molecular flexibility index (Phi) is 2.81. The molecule has 1 nitrogen and oxygen atoms in total. The van der Waals surface area contributed by atoms with E-state index in [4.69, 9.17) is 0 Å². The summed E-state index contributed by atoms with van der Waals surface area (Å²) in [5.74, 6) is 1.74. The highest BCUT2D eigenvalue weighted by Crippen LogP contribution is 2.49. The monoisotopic (exact) mass is 191 g/mol. The summed E-state index contributed by atoms with van der Waals surface area (Å²) in [7, 11) is 0. The minimum Gasteiger partial charge on any atom is -0.198 e. The second-order valence-corrected chi connectivity index (χ2v) is 5.41. The van der Waals surface area contributed by atoms with Crippen LogP contribution in [0.1, 0.15) is 58.3 Å². The molecule has 0 spiro atoms. The summed E-state index contributed by atoms with van der Waals surface area (Å²) < 4.78 is 0.